The van der Waals surface area contributed by atoms with E-state index >= 15 is 0 Å². The maximum Gasteiger partial charge on any atom is 0.522 e. The summed E-state index contributed by atoms with van der Waals surface area (Å²) in [6, 6.07) is -0.706. The Labute approximate surface area is 137 Å². The van der Waals surface area contributed by atoms with Crippen LogP contribution in [0.15, 0.2) is 0 Å². The minimum absolute atomic E-state index is 0.0814. The molecule has 1 rings (SSSR count). The molecule has 8 nitrogen and oxygen atoms in total. The summed E-state index contributed by atoms with van der Waals surface area (Å²) in [5, 5.41) is 38.3. The summed E-state index contributed by atoms with van der Waals surface area (Å²) < 4.78 is 48.7. The van der Waals surface area contributed by atoms with Crippen molar-refractivity contribution in [2.75, 3.05) is 52.7 Å². The Bertz CT molecular complexity index is 348. The number of hydrogen-bond donors (Lipinski definition) is 4. The molecule has 4 atom stereocenters. The molecule has 0 saturated carbocycles. The van der Waals surface area contributed by atoms with Crippen molar-refractivity contribution in [1.82, 2.24) is 4.90 Å². The number of β-amino-alcohol motifs (C(OH)–C–C–N with tert-alkyl or cyclic N) is 1. The van der Waals surface area contributed by atoms with Crippen molar-refractivity contribution in [2.45, 2.75) is 30.7 Å². The topological polar surface area (TPSA) is 112 Å². The highest BCUT2D eigenvalue weighted by molar-refractivity contribution is 4.93. The standard InChI is InChI=1S/C13H24F3NO7/c14-13(15,16)24-6-5-23-4-3-22-2-1-17-7-10(19)12(21)11(20)9(17)8-18/h9-12,18-21H,1-8H2/t9?,10-,11+,12+/m0/s1. The normalized spacial score (nSPS) is 29.1. The van der Waals surface area contributed by atoms with Crippen LogP contribution in [0.1, 0.15) is 0 Å². The van der Waals surface area contributed by atoms with E-state index in [0.29, 0.717) is 6.54 Å². The van der Waals surface area contributed by atoms with Gasteiger partial charge in [0.25, 0.3) is 0 Å². The fourth-order valence-corrected chi connectivity index (χ4v) is 2.36. The van der Waals surface area contributed by atoms with E-state index in [4.69, 9.17) is 9.47 Å². The predicted molar refractivity (Wildman–Crippen MR) is 74.1 cm³/mol. The van der Waals surface area contributed by atoms with E-state index in [2.05, 4.69) is 4.74 Å². The molecule has 0 radical (unpaired) electrons. The van der Waals surface area contributed by atoms with Crippen LogP contribution < -0.4 is 0 Å². The highest BCUT2D eigenvalue weighted by atomic mass is 19.4. The number of likely N-dealkylation sites (tertiary alicyclic amines) is 1. The monoisotopic (exact) mass is 363 g/mol. The molecule has 1 saturated heterocycles. The number of alkyl halides is 3. The molecule has 0 aromatic heterocycles. The number of aliphatic hydroxyl groups excluding tert-OH is 4. The maximum absolute atomic E-state index is 11.7. The van der Waals surface area contributed by atoms with Gasteiger partial charge in [-0.15, -0.1) is 13.2 Å². The van der Waals surface area contributed by atoms with E-state index < -0.39 is 37.3 Å². The molecule has 144 valence electrons. The zero-order valence-corrected chi connectivity index (χ0v) is 13.1. The number of nitrogens with zero attached hydrogens (tertiary/aromatic N) is 1. The van der Waals surface area contributed by atoms with Gasteiger partial charge in [-0.1, -0.05) is 0 Å². The zero-order chi connectivity index (χ0) is 18.2. The first-order valence-corrected chi connectivity index (χ1v) is 7.51. The summed E-state index contributed by atoms with van der Waals surface area (Å²) >= 11 is 0. The summed E-state index contributed by atoms with van der Waals surface area (Å²) in [5.74, 6) is 0. The van der Waals surface area contributed by atoms with Gasteiger partial charge >= 0.3 is 6.36 Å². The van der Waals surface area contributed by atoms with Gasteiger partial charge in [-0.3, -0.25) is 9.64 Å². The highest BCUT2D eigenvalue weighted by Crippen LogP contribution is 2.18. The Kier molecular flexibility index (Phi) is 9.37. The average molecular weight is 363 g/mol. The lowest BCUT2D eigenvalue weighted by molar-refractivity contribution is -0.327. The summed E-state index contributed by atoms with van der Waals surface area (Å²) in [6.07, 6.45) is -8.37. The van der Waals surface area contributed by atoms with Crippen LogP contribution in [-0.2, 0) is 14.2 Å². The Morgan fingerprint density at radius 1 is 0.917 bits per heavy atom. The van der Waals surface area contributed by atoms with Crippen LogP contribution in [0.5, 0.6) is 0 Å². The smallest absolute Gasteiger partial charge is 0.395 e. The van der Waals surface area contributed by atoms with Gasteiger partial charge in [-0.05, 0) is 0 Å². The van der Waals surface area contributed by atoms with Crippen LogP contribution in [0.2, 0.25) is 0 Å². The molecule has 0 spiro atoms. The van der Waals surface area contributed by atoms with Crippen molar-refractivity contribution in [3.05, 3.63) is 0 Å². The van der Waals surface area contributed by atoms with Crippen LogP contribution in [0, 0.1) is 0 Å². The number of piperidine rings is 1. The molecule has 24 heavy (non-hydrogen) atoms. The fraction of sp³-hybridized carbons (Fsp3) is 1.00. The van der Waals surface area contributed by atoms with Gasteiger partial charge in [-0.25, -0.2) is 0 Å². The number of halogens is 3. The molecule has 11 heteroatoms. The quantitative estimate of drug-likeness (QED) is 0.341. The van der Waals surface area contributed by atoms with Gasteiger partial charge in [0.2, 0.25) is 0 Å². The van der Waals surface area contributed by atoms with E-state index in [1.807, 2.05) is 0 Å². The lowest BCUT2D eigenvalue weighted by Gasteiger charge is -2.43. The molecule has 0 aromatic carbocycles. The van der Waals surface area contributed by atoms with Gasteiger partial charge in [-0.2, -0.15) is 0 Å². The molecule has 1 unspecified atom stereocenters. The van der Waals surface area contributed by atoms with Gasteiger partial charge < -0.3 is 29.9 Å². The second kappa shape index (κ2) is 10.5. The third-order valence-corrected chi connectivity index (χ3v) is 3.60. The van der Waals surface area contributed by atoms with Crippen molar-refractivity contribution < 1.29 is 47.8 Å². The van der Waals surface area contributed by atoms with Crippen LogP contribution >= 0.6 is 0 Å². The summed E-state index contributed by atoms with van der Waals surface area (Å²) in [6.45, 7) is -0.361. The lowest BCUT2D eigenvalue weighted by Crippen LogP contribution is -2.62. The molecule has 0 amide bonds. The molecular formula is C13H24F3NO7. The summed E-state index contributed by atoms with van der Waals surface area (Å²) in [4.78, 5) is 1.60. The van der Waals surface area contributed by atoms with Gasteiger partial charge in [0.1, 0.15) is 12.2 Å². The van der Waals surface area contributed by atoms with E-state index in [-0.39, 0.29) is 39.6 Å². The van der Waals surface area contributed by atoms with Crippen molar-refractivity contribution >= 4 is 0 Å². The molecule has 1 aliphatic heterocycles. The molecule has 1 aliphatic rings. The third-order valence-electron chi connectivity index (χ3n) is 3.60. The minimum Gasteiger partial charge on any atom is -0.395 e. The van der Waals surface area contributed by atoms with Crippen molar-refractivity contribution in [2.24, 2.45) is 0 Å². The van der Waals surface area contributed by atoms with Crippen LogP contribution in [0.3, 0.4) is 0 Å². The molecular weight excluding hydrogens is 339 g/mol. The molecule has 0 bridgehead atoms. The van der Waals surface area contributed by atoms with E-state index in [1.54, 1.807) is 4.90 Å². The highest BCUT2D eigenvalue weighted by Gasteiger charge is 2.40. The maximum atomic E-state index is 11.7. The molecule has 1 heterocycles. The first-order chi connectivity index (χ1) is 11.3. The van der Waals surface area contributed by atoms with Crippen LogP contribution in [0.25, 0.3) is 0 Å². The SMILES string of the molecule is OCC1[C@@H](O)[C@H](O)[C@@H](O)CN1CCOCCOCCOC(F)(F)F. The first kappa shape index (κ1) is 21.5. The Balaban J connectivity index is 2.10. The third kappa shape index (κ3) is 7.57. The molecule has 4 N–H and O–H groups in total. The number of rotatable bonds is 10. The van der Waals surface area contributed by atoms with Gasteiger partial charge in [0.15, 0.2) is 0 Å². The predicted octanol–water partition coefficient (Wildman–Crippen LogP) is -1.68. The van der Waals surface area contributed by atoms with Crippen LogP contribution in [0.4, 0.5) is 13.2 Å². The summed E-state index contributed by atoms with van der Waals surface area (Å²) in [5.41, 5.74) is 0. The first-order valence-electron chi connectivity index (χ1n) is 7.51. The molecule has 1 fully saturated rings. The van der Waals surface area contributed by atoms with E-state index in [9.17, 15) is 33.6 Å². The van der Waals surface area contributed by atoms with E-state index in [1.165, 1.54) is 0 Å². The lowest BCUT2D eigenvalue weighted by atomic mass is 9.94. The van der Waals surface area contributed by atoms with Crippen molar-refractivity contribution in [3.8, 4) is 0 Å². The Hall–Kier alpha value is -0.530. The fourth-order valence-electron chi connectivity index (χ4n) is 2.36. The number of hydrogen-bond acceptors (Lipinski definition) is 8. The van der Waals surface area contributed by atoms with Gasteiger partial charge in [0, 0.05) is 13.1 Å². The Morgan fingerprint density at radius 3 is 2.08 bits per heavy atom. The second-order valence-corrected chi connectivity index (χ2v) is 5.31. The largest absolute Gasteiger partial charge is 0.522 e. The Morgan fingerprint density at radius 2 is 1.50 bits per heavy atom. The minimum atomic E-state index is -4.67. The van der Waals surface area contributed by atoms with Crippen LogP contribution in [-0.4, -0.2) is 109 Å². The second-order valence-electron chi connectivity index (χ2n) is 5.31. The average Bonchev–Trinajstić information content (AvgIpc) is 2.50. The number of aliphatic hydroxyl groups is 4. The van der Waals surface area contributed by atoms with Crippen molar-refractivity contribution in [3.63, 3.8) is 0 Å². The molecule has 0 aliphatic carbocycles. The summed E-state index contributed by atoms with van der Waals surface area (Å²) in [7, 11) is 0. The zero-order valence-electron chi connectivity index (χ0n) is 13.1. The molecule has 0 aromatic rings. The van der Waals surface area contributed by atoms with Crippen molar-refractivity contribution in [1.29, 1.82) is 0 Å². The van der Waals surface area contributed by atoms with Gasteiger partial charge in [0.05, 0.1) is 51.8 Å². The number of ether oxygens (including phenoxy) is 3. The van der Waals surface area contributed by atoms with E-state index in [0.717, 1.165) is 0 Å².